The van der Waals surface area contributed by atoms with Gasteiger partial charge in [0, 0.05) is 18.7 Å². The summed E-state index contributed by atoms with van der Waals surface area (Å²) in [4.78, 5) is 14.9. The highest BCUT2D eigenvalue weighted by molar-refractivity contribution is 7.87. The van der Waals surface area contributed by atoms with E-state index < -0.39 is 15.9 Å². The summed E-state index contributed by atoms with van der Waals surface area (Å²) < 4.78 is 57.0. The third kappa shape index (κ3) is 6.14. The van der Waals surface area contributed by atoms with Crippen molar-refractivity contribution in [2.24, 2.45) is 0 Å². The second-order valence-corrected chi connectivity index (χ2v) is 9.79. The smallest absolute Gasteiger partial charge is 0.339 e. The molecule has 0 N–H and O–H groups in total. The highest BCUT2D eigenvalue weighted by Gasteiger charge is 2.20. The topological polar surface area (TPSA) is 63.7 Å². The van der Waals surface area contributed by atoms with Crippen LogP contribution < -0.4 is 4.18 Å². The zero-order chi connectivity index (χ0) is 25.7. The Hall–Kier alpha value is -4.04. The third-order valence-corrected chi connectivity index (χ3v) is 6.79. The van der Waals surface area contributed by atoms with E-state index in [1.165, 1.54) is 24.3 Å². The molecule has 0 aromatic heterocycles. The lowest BCUT2D eigenvalue weighted by Gasteiger charge is -2.24. The first kappa shape index (κ1) is 25.1. The number of nitrogens with zero attached hydrogens (tertiary/aromatic N) is 1. The Kier molecular flexibility index (Phi) is 7.45. The summed E-state index contributed by atoms with van der Waals surface area (Å²) in [6.07, 6.45) is 0. The summed E-state index contributed by atoms with van der Waals surface area (Å²) in [5.41, 5.74) is 2.72. The number of hydrogen-bond acceptors (Lipinski definition) is 4. The molecule has 0 fully saturated rings. The van der Waals surface area contributed by atoms with Gasteiger partial charge in [0.15, 0.2) is 0 Å². The Morgan fingerprint density at radius 3 is 2.06 bits per heavy atom. The predicted molar refractivity (Wildman–Crippen MR) is 132 cm³/mol. The molecule has 0 atom stereocenters. The molecule has 5 nitrogen and oxygen atoms in total. The van der Waals surface area contributed by atoms with E-state index >= 15 is 0 Å². The van der Waals surface area contributed by atoms with Gasteiger partial charge in [-0.25, -0.2) is 8.78 Å². The molecule has 4 aromatic carbocycles. The van der Waals surface area contributed by atoms with E-state index in [-0.39, 0.29) is 35.5 Å². The van der Waals surface area contributed by atoms with Crippen LogP contribution in [0.15, 0.2) is 102 Å². The lowest BCUT2D eigenvalue weighted by molar-refractivity contribution is 0.0729. The van der Waals surface area contributed by atoms with Crippen LogP contribution in [0.4, 0.5) is 8.78 Å². The highest BCUT2D eigenvalue weighted by atomic mass is 32.2. The van der Waals surface area contributed by atoms with Gasteiger partial charge >= 0.3 is 10.1 Å². The van der Waals surface area contributed by atoms with Crippen molar-refractivity contribution >= 4 is 16.0 Å². The Morgan fingerprint density at radius 2 is 1.39 bits per heavy atom. The van der Waals surface area contributed by atoms with Crippen molar-refractivity contribution < 1.29 is 26.2 Å². The number of amides is 1. The van der Waals surface area contributed by atoms with Gasteiger partial charge in [-0.3, -0.25) is 4.79 Å². The highest BCUT2D eigenvalue weighted by Crippen LogP contribution is 2.23. The van der Waals surface area contributed by atoms with Crippen molar-refractivity contribution in [3.8, 4) is 5.75 Å². The van der Waals surface area contributed by atoms with Crippen molar-refractivity contribution in [2.45, 2.75) is 24.9 Å². The Morgan fingerprint density at radius 1 is 0.778 bits per heavy atom. The summed E-state index contributed by atoms with van der Waals surface area (Å²) in [5, 5.41) is 0. The molecule has 0 saturated heterocycles. The van der Waals surface area contributed by atoms with E-state index in [1.807, 2.05) is 19.1 Å². The molecule has 0 aliphatic carbocycles. The minimum atomic E-state index is -4.18. The largest absolute Gasteiger partial charge is 0.379 e. The predicted octanol–water partition coefficient (Wildman–Crippen LogP) is 5.88. The number of benzene rings is 4. The first-order valence-electron chi connectivity index (χ1n) is 11.1. The van der Waals surface area contributed by atoms with E-state index in [0.717, 1.165) is 35.4 Å². The fourth-order valence-corrected chi connectivity index (χ4v) is 4.61. The first-order chi connectivity index (χ1) is 17.2. The van der Waals surface area contributed by atoms with E-state index in [1.54, 1.807) is 41.3 Å². The summed E-state index contributed by atoms with van der Waals surface area (Å²) >= 11 is 0. The van der Waals surface area contributed by atoms with E-state index in [2.05, 4.69) is 0 Å². The van der Waals surface area contributed by atoms with Crippen LogP contribution in [0, 0.1) is 18.6 Å². The van der Waals surface area contributed by atoms with E-state index in [9.17, 15) is 22.0 Å². The van der Waals surface area contributed by atoms with Crippen LogP contribution in [0.5, 0.6) is 5.75 Å². The SMILES string of the molecule is Cc1ccccc1C(=O)N(Cc1ccc(F)cc1)Cc1cccc(OS(=O)(=O)c2ccc(F)cc2)c1. The summed E-state index contributed by atoms with van der Waals surface area (Å²) in [6, 6.07) is 23.8. The Labute approximate surface area is 208 Å². The van der Waals surface area contributed by atoms with Gasteiger partial charge in [0.25, 0.3) is 5.91 Å². The standard InChI is InChI=1S/C28H23F2NO4S/c1-20-5-2-3-8-27(20)28(32)31(18-21-9-11-23(29)12-10-21)19-22-6-4-7-25(17-22)35-36(33,34)26-15-13-24(30)14-16-26/h2-17H,18-19H2,1H3. The van der Waals surface area contributed by atoms with Gasteiger partial charge in [0.1, 0.15) is 22.3 Å². The fourth-order valence-electron chi connectivity index (χ4n) is 3.69. The van der Waals surface area contributed by atoms with Gasteiger partial charge in [-0.05, 0) is 78.2 Å². The normalized spacial score (nSPS) is 11.2. The van der Waals surface area contributed by atoms with E-state index in [4.69, 9.17) is 4.18 Å². The van der Waals surface area contributed by atoms with Crippen LogP contribution in [0.3, 0.4) is 0 Å². The monoisotopic (exact) mass is 507 g/mol. The number of carbonyl (C=O) groups excluding carboxylic acids is 1. The minimum Gasteiger partial charge on any atom is -0.379 e. The lowest BCUT2D eigenvalue weighted by atomic mass is 10.1. The van der Waals surface area contributed by atoms with Crippen LogP contribution in [0.2, 0.25) is 0 Å². The summed E-state index contributed by atoms with van der Waals surface area (Å²) in [7, 11) is -4.18. The molecule has 0 heterocycles. The second-order valence-electron chi connectivity index (χ2n) is 8.24. The first-order valence-corrected chi connectivity index (χ1v) is 12.5. The zero-order valence-electron chi connectivity index (χ0n) is 19.4. The Balaban J connectivity index is 1.60. The van der Waals surface area contributed by atoms with Gasteiger partial charge in [-0.1, -0.05) is 42.5 Å². The number of aryl methyl sites for hydroxylation is 1. The van der Waals surface area contributed by atoms with Gasteiger partial charge in [-0.15, -0.1) is 0 Å². The molecular formula is C28H23F2NO4S. The third-order valence-electron chi connectivity index (χ3n) is 5.53. The molecular weight excluding hydrogens is 484 g/mol. The molecule has 4 aromatic rings. The zero-order valence-corrected chi connectivity index (χ0v) is 20.2. The molecule has 0 aliphatic rings. The van der Waals surface area contributed by atoms with Crippen molar-refractivity contribution in [3.63, 3.8) is 0 Å². The molecule has 4 rings (SSSR count). The molecule has 8 heteroatoms. The Bertz CT molecular complexity index is 1470. The van der Waals surface area contributed by atoms with Gasteiger partial charge in [0.2, 0.25) is 0 Å². The summed E-state index contributed by atoms with van der Waals surface area (Å²) in [5.74, 6) is -1.09. The van der Waals surface area contributed by atoms with Crippen LogP contribution in [0.25, 0.3) is 0 Å². The number of rotatable bonds is 8. The van der Waals surface area contributed by atoms with Crippen LogP contribution >= 0.6 is 0 Å². The summed E-state index contributed by atoms with van der Waals surface area (Å²) in [6.45, 7) is 2.21. The molecule has 36 heavy (non-hydrogen) atoms. The van der Waals surface area contributed by atoms with Gasteiger partial charge in [-0.2, -0.15) is 8.42 Å². The molecule has 0 saturated carbocycles. The fraction of sp³-hybridized carbons (Fsp3) is 0.107. The molecule has 1 amide bonds. The van der Waals surface area contributed by atoms with Crippen LogP contribution in [0.1, 0.15) is 27.0 Å². The lowest BCUT2D eigenvalue weighted by Crippen LogP contribution is -2.30. The van der Waals surface area contributed by atoms with Crippen molar-refractivity contribution in [3.05, 3.63) is 131 Å². The molecule has 184 valence electrons. The van der Waals surface area contributed by atoms with Crippen LogP contribution in [-0.2, 0) is 23.2 Å². The average molecular weight is 508 g/mol. The van der Waals surface area contributed by atoms with Crippen molar-refractivity contribution in [1.29, 1.82) is 0 Å². The maximum Gasteiger partial charge on any atom is 0.339 e. The molecule has 0 aliphatic heterocycles. The molecule has 0 bridgehead atoms. The maximum absolute atomic E-state index is 13.5. The van der Waals surface area contributed by atoms with E-state index in [0.29, 0.717) is 11.1 Å². The van der Waals surface area contributed by atoms with Crippen molar-refractivity contribution in [1.82, 2.24) is 4.90 Å². The molecule has 0 radical (unpaired) electrons. The average Bonchev–Trinajstić information content (AvgIpc) is 2.85. The second kappa shape index (κ2) is 10.7. The maximum atomic E-state index is 13.5. The van der Waals surface area contributed by atoms with Gasteiger partial charge in [0.05, 0.1) is 0 Å². The number of carbonyl (C=O) groups is 1. The minimum absolute atomic E-state index is 0.0573. The number of halogens is 2. The van der Waals surface area contributed by atoms with Crippen molar-refractivity contribution in [2.75, 3.05) is 0 Å². The van der Waals surface area contributed by atoms with Crippen LogP contribution in [-0.4, -0.2) is 19.2 Å². The molecule has 0 spiro atoms. The number of hydrogen-bond donors (Lipinski definition) is 0. The quantitative estimate of drug-likeness (QED) is 0.279. The molecule has 0 unspecified atom stereocenters. The van der Waals surface area contributed by atoms with Gasteiger partial charge < -0.3 is 9.08 Å².